The molecule has 0 unspecified atom stereocenters. The molecule has 138 valence electrons. The molecule has 2 aliphatic rings. The Bertz CT molecular complexity index is 717. The van der Waals surface area contributed by atoms with E-state index in [1.54, 1.807) is 0 Å². The molecule has 0 radical (unpaired) electrons. The first-order chi connectivity index (χ1) is 11.7. The maximum atomic E-state index is 12.9. The lowest BCUT2D eigenvalue weighted by molar-refractivity contribution is -0.141. The highest BCUT2D eigenvalue weighted by molar-refractivity contribution is 5.82. The van der Waals surface area contributed by atoms with E-state index < -0.39 is 5.69 Å². The Hall–Kier alpha value is -1.89. The molecule has 1 amide bonds. The van der Waals surface area contributed by atoms with Crippen LogP contribution in [-0.4, -0.2) is 57.9 Å². The van der Waals surface area contributed by atoms with Crippen LogP contribution in [0.5, 0.6) is 0 Å². The van der Waals surface area contributed by atoms with Gasteiger partial charge >= 0.3 is 5.69 Å². The van der Waals surface area contributed by atoms with Gasteiger partial charge in [-0.05, 0) is 31.2 Å². The van der Waals surface area contributed by atoms with Crippen molar-refractivity contribution < 1.29 is 4.79 Å². The Morgan fingerprint density at radius 3 is 2.56 bits per heavy atom. The number of H-pyrrole nitrogens is 2. The van der Waals surface area contributed by atoms with Gasteiger partial charge in [0.1, 0.15) is 0 Å². The minimum absolute atomic E-state index is 0.0742. The number of nitrogens with zero attached hydrogens (tertiary/aromatic N) is 2. The Morgan fingerprint density at radius 1 is 1.12 bits per heavy atom. The maximum Gasteiger partial charge on any atom is 0.325 e. The van der Waals surface area contributed by atoms with Gasteiger partial charge in [0.05, 0.1) is 6.04 Å². The molecular weight excluding hydrogens is 320 g/mol. The Labute approximate surface area is 147 Å². The fourth-order valence-corrected chi connectivity index (χ4v) is 4.02. The molecular formula is C18H28N4O3. The van der Waals surface area contributed by atoms with Crippen molar-refractivity contribution in [2.24, 2.45) is 5.41 Å². The number of rotatable bonds is 3. The summed E-state index contributed by atoms with van der Waals surface area (Å²) in [5.41, 5.74) is -0.0743. The van der Waals surface area contributed by atoms with Gasteiger partial charge in [-0.1, -0.05) is 20.8 Å². The molecule has 25 heavy (non-hydrogen) atoms. The van der Waals surface area contributed by atoms with Crippen molar-refractivity contribution in [1.82, 2.24) is 19.8 Å². The molecule has 0 aromatic carbocycles. The first-order valence-electron chi connectivity index (χ1n) is 9.09. The highest BCUT2D eigenvalue weighted by atomic mass is 16.2. The topological polar surface area (TPSA) is 89.3 Å². The molecule has 3 rings (SSSR count). The highest BCUT2D eigenvalue weighted by Gasteiger charge is 2.38. The molecule has 2 N–H and O–H groups in total. The molecule has 0 spiro atoms. The number of carbonyl (C=O) groups is 1. The summed E-state index contributed by atoms with van der Waals surface area (Å²) in [4.78, 5) is 45.1. The lowest BCUT2D eigenvalue weighted by Gasteiger charge is -2.39. The molecule has 1 aromatic heterocycles. The third kappa shape index (κ3) is 4.21. The van der Waals surface area contributed by atoms with E-state index in [-0.39, 0.29) is 28.8 Å². The molecule has 1 aromatic rings. The summed E-state index contributed by atoms with van der Waals surface area (Å²) in [5.74, 6) is 0.321. The summed E-state index contributed by atoms with van der Waals surface area (Å²) >= 11 is 0. The molecule has 0 aliphatic carbocycles. The Morgan fingerprint density at radius 2 is 1.88 bits per heavy atom. The van der Waals surface area contributed by atoms with Gasteiger partial charge in [-0.15, -0.1) is 0 Å². The van der Waals surface area contributed by atoms with Crippen LogP contribution in [0, 0.1) is 5.41 Å². The van der Waals surface area contributed by atoms with E-state index in [1.165, 1.54) is 6.07 Å². The number of aromatic amines is 2. The van der Waals surface area contributed by atoms with Crippen LogP contribution in [0.15, 0.2) is 15.7 Å². The van der Waals surface area contributed by atoms with Gasteiger partial charge in [0.15, 0.2) is 0 Å². The molecule has 7 nitrogen and oxygen atoms in total. The van der Waals surface area contributed by atoms with E-state index in [0.29, 0.717) is 12.2 Å². The van der Waals surface area contributed by atoms with E-state index in [9.17, 15) is 14.4 Å². The van der Waals surface area contributed by atoms with Crippen molar-refractivity contribution in [3.05, 3.63) is 32.6 Å². The molecule has 2 fully saturated rings. The average molecular weight is 348 g/mol. The number of aromatic nitrogens is 2. The first kappa shape index (κ1) is 17.9. The summed E-state index contributed by atoms with van der Waals surface area (Å²) in [6.07, 6.45) is 2.76. The standard InChI is InChI=1S/C18H28N4O3/c1-18(2,3)11-22-7-4-5-14(16(22)24)21-8-6-12(10-21)13-9-15(23)20-17(25)19-13/h9,12,14H,4-8,10-11H2,1-3H3,(H2,19,20,23,25)/t12-,14-/m0/s1. The second-order valence-electron chi connectivity index (χ2n) is 8.50. The van der Waals surface area contributed by atoms with Gasteiger partial charge < -0.3 is 9.88 Å². The van der Waals surface area contributed by atoms with Crippen molar-refractivity contribution in [3.8, 4) is 0 Å². The Kier molecular flexibility index (Phi) is 4.86. The monoisotopic (exact) mass is 348 g/mol. The summed E-state index contributed by atoms with van der Waals surface area (Å²) in [6.45, 7) is 9.60. The quantitative estimate of drug-likeness (QED) is 0.849. The Balaban J connectivity index is 1.69. The molecule has 3 heterocycles. The average Bonchev–Trinajstić information content (AvgIpc) is 2.97. The summed E-state index contributed by atoms with van der Waals surface area (Å²) in [5, 5.41) is 0. The second-order valence-corrected chi connectivity index (χ2v) is 8.50. The minimum atomic E-state index is -0.467. The highest BCUT2D eigenvalue weighted by Crippen LogP contribution is 2.30. The summed E-state index contributed by atoms with van der Waals surface area (Å²) in [6, 6.07) is 1.39. The number of carbonyl (C=O) groups excluding carboxylic acids is 1. The molecule has 2 saturated heterocycles. The summed E-state index contributed by atoms with van der Waals surface area (Å²) in [7, 11) is 0. The van der Waals surface area contributed by atoms with Crippen molar-refractivity contribution in [1.29, 1.82) is 0 Å². The third-order valence-corrected chi connectivity index (χ3v) is 5.05. The van der Waals surface area contributed by atoms with Crippen LogP contribution in [0.1, 0.15) is 51.6 Å². The second kappa shape index (κ2) is 6.78. The van der Waals surface area contributed by atoms with Gasteiger partial charge in [-0.3, -0.25) is 19.5 Å². The van der Waals surface area contributed by atoms with E-state index in [1.807, 2.05) is 4.90 Å². The van der Waals surface area contributed by atoms with E-state index in [0.717, 1.165) is 38.9 Å². The van der Waals surface area contributed by atoms with Crippen LogP contribution >= 0.6 is 0 Å². The fourth-order valence-electron chi connectivity index (χ4n) is 4.02. The van der Waals surface area contributed by atoms with Crippen molar-refractivity contribution in [2.45, 2.75) is 52.0 Å². The van der Waals surface area contributed by atoms with E-state index in [4.69, 9.17) is 0 Å². The zero-order chi connectivity index (χ0) is 18.2. The maximum absolute atomic E-state index is 12.9. The third-order valence-electron chi connectivity index (χ3n) is 5.05. The number of hydrogen-bond donors (Lipinski definition) is 2. The predicted octanol–water partition coefficient (Wildman–Crippen LogP) is 0.890. The molecule has 0 saturated carbocycles. The van der Waals surface area contributed by atoms with Gasteiger partial charge in [-0.2, -0.15) is 0 Å². The first-order valence-corrected chi connectivity index (χ1v) is 9.09. The zero-order valence-electron chi connectivity index (χ0n) is 15.3. The molecule has 2 atom stereocenters. The smallest absolute Gasteiger partial charge is 0.325 e. The van der Waals surface area contributed by atoms with Crippen molar-refractivity contribution in [2.75, 3.05) is 26.2 Å². The van der Waals surface area contributed by atoms with E-state index in [2.05, 4.69) is 35.6 Å². The fraction of sp³-hybridized carbons (Fsp3) is 0.722. The zero-order valence-corrected chi connectivity index (χ0v) is 15.3. The number of likely N-dealkylation sites (tertiary alicyclic amines) is 2. The van der Waals surface area contributed by atoms with Crippen LogP contribution in [0.4, 0.5) is 0 Å². The molecule has 0 bridgehead atoms. The SMILES string of the molecule is CC(C)(C)CN1CCC[C@H](N2CC[C@H](c3cc(=O)[nH]c(=O)[nH]3)C2)C1=O. The van der Waals surface area contributed by atoms with Gasteiger partial charge in [0.25, 0.3) is 5.56 Å². The van der Waals surface area contributed by atoms with Crippen molar-refractivity contribution >= 4 is 5.91 Å². The number of amides is 1. The largest absolute Gasteiger partial charge is 0.341 e. The number of hydrogen-bond acceptors (Lipinski definition) is 4. The van der Waals surface area contributed by atoms with E-state index >= 15 is 0 Å². The van der Waals surface area contributed by atoms with Gasteiger partial charge in [0, 0.05) is 37.3 Å². The normalized spacial score (nSPS) is 25.6. The van der Waals surface area contributed by atoms with Crippen LogP contribution in [-0.2, 0) is 4.79 Å². The van der Waals surface area contributed by atoms with Crippen LogP contribution in [0.3, 0.4) is 0 Å². The lowest BCUT2D eigenvalue weighted by atomic mass is 9.93. The summed E-state index contributed by atoms with van der Waals surface area (Å²) < 4.78 is 0. The van der Waals surface area contributed by atoms with Crippen LogP contribution in [0.25, 0.3) is 0 Å². The van der Waals surface area contributed by atoms with Gasteiger partial charge in [-0.25, -0.2) is 4.79 Å². The van der Waals surface area contributed by atoms with Crippen LogP contribution in [0.2, 0.25) is 0 Å². The minimum Gasteiger partial charge on any atom is -0.341 e. The number of nitrogens with one attached hydrogen (secondary N) is 2. The van der Waals surface area contributed by atoms with Crippen molar-refractivity contribution in [3.63, 3.8) is 0 Å². The van der Waals surface area contributed by atoms with Gasteiger partial charge in [0.2, 0.25) is 5.91 Å². The van der Waals surface area contributed by atoms with Crippen LogP contribution < -0.4 is 11.2 Å². The molecule has 7 heteroatoms. The molecule has 2 aliphatic heterocycles. The predicted molar refractivity (Wildman–Crippen MR) is 95.7 cm³/mol. The number of piperidine rings is 1. The lowest BCUT2D eigenvalue weighted by Crippen LogP contribution is -2.53.